The van der Waals surface area contributed by atoms with Crippen molar-refractivity contribution < 1.29 is 4.79 Å². The molecular weight excluding hydrogens is 138 g/mol. The van der Waals surface area contributed by atoms with Crippen LogP contribution in [0.3, 0.4) is 0 Å². The summed E-state index contributed by atoms with van der Waals surface area (Å²) in [5.41, 5.74) is 0. The maximum Gasteiger partial charge on any atom is 0.226 e. The molecule has 1 saturated heterocycles. The summed E-state index contributed by atoms with van der Waals surface area (Å²) < 4.78 is 0. The van der Waals surface area contributed by atoms with Gasteiger partial charge in [-0.15, -0.1) is 0 Å². The Hall–Kier alpha value is -0.530. The van der Waals surface area contributed by atoms with Gasteiger partial charge in [-0.1, -0.05) is 0 Å². The van der Waals surface area contributed by atoms with E-state index in [9.17, 15) is 4.79 Å². The first-order chi connectivity index (χ1) is 5.27. The fourth-order valence-corrected chi connectivity index (χ4v) is 3.47. The van der Waals surface area contributed by atoms with E-state index >= 15 is 0 Å². The van der Waals surface area contributed by atoms with Gasteiger partial charge >= 0.3 is 0 Å². The third-order valence-corrected chi connectivity index (χ3v) is 3.94. The van der Waals surface area contributed by atoms with E-state index in [2.05, 4.69) is 0 Å². The van der Waals surface area contributed by atoms with Crippen LogP contribution in [0.1, 0.15) is 19.3 Å². The first-order valence-electron chi connectivity index (χ1n) is 4.54. The summed E-state index contributed by atoms with van der Waals surface area (Å²) in [5, 5.41) is 0. The topological polar surface area (TPSA) is 20.3 Å². The first-order valence-corrected chi connectivity index (χ1v) is 4.54. The van der Waals surface area contributed by atoms with E-state index in [0.29, 0.717) is 17.9 Å². The minimum atomic E-state index is 0.431. The lowest BCUT2D eigenvalue weighted by Gasteiger charge is -2.19. The van der Waals surface area contributed by atoms with Crippen molar-refractivity contribution in [1.82, 2.24) is 4.90 Å². The monoisotopic (exact) mass is 151 g/mol. The highest BCUT2D eigenvalue weighted by atomic mass is 16.2. The number of rotatable bonds is 0. The molecule has 3 aliphatic rings. The Morgan fingerprint density at radius 1 is 1.36 bits per heavy atom. The van der Waals surface area contributed by atoms with Crippen molar-refractivity contribution in [3.8, 4) is 0 Å². The average Bonchev–Trinajstić information content (AvgIpc) is 2.60. The number of fused-ring (bicyclic) bond motifs is 1. The summed E-state index contributed by atoms with van der Waals surface area (Å²) in [4.78, 5) is 13.6. The van der Waals surface area contributed by atoms with Gasteiger partial charge in [0.1, 0.15) is 0 Å². The van der Waals surface area contributed by atoms with Crippen molar-refractivity contribution in [3.63, 3.8) is 0 Å². The van der Waals surface area contributed by atoms with Crippen LogP contribution in [0.5, 0.6) is 0 Å². The van der Waals surface area contributed by atoms with Crippen LogP contribution >= 0.6 is 0 Å². The molecule has 2 saturated carbocycles. The molecule has 3 rings (SSSR count). The van der Waals surface area contributed by atoms with Crippen LogP contribution in [0.2, 0.25) is 0 Å². The summed E-state index contributed by atoms with van der Waals surface area (Å²) in [6, 6.07) is 0.631. The lowest BCUT2D eigenvalue weighted by molar-refractivity contribution is -0.130. The van der Waals surface area contributed by atoms with Crippen LogP contribution in [0, 0.1) is 17.8 Å². The molecule has 0 N–H and O–H groups in total. The predicted molar refractivity (Wildman–Crippen MR) is 40.9 cm³/mol. The SMILES string of the molecule is CN1C(=O)[C@H]2C[C@@H]3C[C@@H]2[C@H]1C3. The van der Waals surface area contributed by atoms with Gasteiger partial charge in [-0.05, 0) is 31.1 Å². The van der Waals surface area contributed by atoms with E-state index in [-0.39, 0.29) is 0 Å². The fourth-order valence-electron chi connectivity index (χ4n) is 3.47. The zero-order valence-corrected chi connectivity index (χ0v) is 6.79. The maximum absolute atomic E-state index is 11.5. The normalized spacial score (nSPS) is 52.8. The Morgan fingerprint density at radius 2 is 2.18 bits per heavy atom. The summed E-state index contributed by atoms with van der Waals surface area (Å²) in [6.07, 6.45) is 3.83. The van der Waals surface area contributed by atoms with Crippen molar-refractivity contribution in [2.24, 2.45) is 17.8 Å². The number of hydrogen-bond donors (Lipinski definition) is 0. The molecule has 2 heteroatoms. The molecule has 1 aliphatic heterocycles. The van der Waals surface area contributed by atoms with E-state index in [0.717, 1.165) is 11.8 Å². The molecule has 0 aromatic carbocycles. The second-order valence-corrected chi connectivity index (χ2v) is 4.36. The zero-order valence-electron chi connectivity index (χ0n) is 6.79. The van der Waals surface area contributed by atoms with Crippen molar-refractivity contribution in [1.29, 1.82) is 0 Å². The van der Waals surface area contributed by atoms with Gasteiger partial charge in [0.2, 0.25) is 5.91 Å². The van der Waals surface area contributed by atoms with Crippen LogP contribution in [-0.4, -0.2) is 23.9 Å². The first kappa shape index (κ1) is 6.04. The van der Waals surface area contributed by atoms with Crippen LogP contribution in [0.25, 0.3) is 0 Å². The van der Waals surface area contributed by atoms with Crippen LogP contribution in [-0.2, 0) is 4.79 Å². The van der Waals surface area contributed by atoms with E-state index in [1.165, 1.54) is 19.3 Å². The van der Waals surface area contributed by atoms with Crippen molar-refractivity contribution in [2.75, 3.05) is 7.05 Å². The molecule has 0 aromatic rings. The molecule has 1 amide bonds. The summed E-state index contributed by atoms with van der Waals surface area (Å²) >= 11 is 0. The molecule has 1 heterocycles. The van der Waals surface area contributed by atoms with Gasteiger partial charge in [-0.25, -0.2) is 0 Å². The van der Waals surface area contributed by atoms with E-state index in [1.807, 2.05) is 11.9 Å². The number of carbonyl (C=O) groups excluding carboxylic acids is 1. The number of carbonyl (C=O) groups is 1. The lowest BCUT2D eigenvalue weighted by atomic mass is 9.90. The standard InChI is InChI=1S/C9H13NO/c1-10-8-4-5-2-6(8)7(3-5)9(10)11/h5-8H,2-4H2,1H3/t5-,6-,7-,8+/m0/s1. The van der Waals surface area contributed by atoms with Crippen LogP contribution in [0.15, 0.2) is 0 Å². The van der Waals surface area contributed by atoms with Gasteiger partial charge in [-0.2, -0.15) is 0 Å². The number of nitrogens with zero attached hydrogens (tertiary/aromatic N) is 1. The second-order valence-electron chi connectivity index (χ2n) is 4.36. The molecule has 60 valence electrons. The number of hydrogen-bond acceptors (Lipinski definition) is 1. The molecule has 2 aliphatic carbocycles. The van der Waals surface area contributed by atoms with Crippen molar-refractivity contribution in [2.45, 2.75) is 25.3 Å². The quantitative estimate of drug-likeness (QED) is 0.503. The molecule has 3 fully saturated rings. The molecular formula is C9H13NO. The zero-order chi connectivity index (χ0) is 7.59. The number of amides is 1. The Balaban J connectivity index is 2.05. The average molecular weight is 151 g/mol. The van der Waals surface area contributed by atoms with E-state index in [4.69, 9.17) is 0 Å². The Labute approximate surface area is 66.6 Å². The molecule has 2 nitrogen and oxygen atoms in total. The third-order valence-electron chi connectivity index (χ3n) is 3.94. The van der Waals surface area contributed by atoms with Gasteiger partial charge in [0.25, 0.3) is 0 Å². The summed E-state index contributed by atoms with van der Waals surface area (Å²) in [7, 11) is 1.98. The maximum atomic E-state index is 11.5. The third kappa shape index (κ3) is 0.534. The van der Waals surface area contributed by atoms with Gasteiger partial charge in [0, 0.05) is 19.0 Å². The van der Waals surface area contributed by atoms with Gasteiger partial charge in [0.15, 0.2) is 0 Å². The predicted octanol–water partition coefficient (Wildman–Crippen LogP) is 0.873. The smallest absolute Gasteiger partial charge is 0.226 e. The molecule has 0 radical (unpaired) electrons. The Kier molecular flexibility index (Phi) is 0.890. The summed E-state index contributed by atoms with van der Waals surface area (Å²) in [6.45, 7) is 0. The molecule has 0 spiro atoms. The van der Waals surface area contributed by atoms with E-state index in [1.54, 1.807) is 0 Å². The molecule has 11 heavy (non-hydrogen) atoms. The summed E-state index contributed by atoms with van der Waals surface area (Å²) in [5.74, 6) is 2.50. The van der Waals surface area contributed by atoms with Gasteiger partial charge in [-0.3, -0.25) is 4.79 Å². The lowest BCUT2D eigenvalue weighted by Crippen LogP contribution is -2.28. The highest BCUT2D eigenvalue weighted by Gasteiger charge is 2.56. The second kappa shape index (κ2) is 1.62. The van der Waals surface area contributed by atoms with Gasteiger partial charge in [0.05, 0.1) is 0 Å². The molecule has 4 atom stereocenters. The number of likely N-dealkylation sites (tertiary alicyclic amines) is 1. The Bertz CT molecular complexity index is 226. The fraction of sp³-hybridized carbons (Fsp3) is 0.889. The molecule has 0 aromatic heterocycles. The van der Waals surface area contributed by atoms with Gasteiger partial charge < -0.3 is 4.90 Å². The highest BCUT2D eigenvalue weighted by Crippen LogP contribution is 2.54. The Morgan fingerprint density at radius 3 is 2.73 bits per heavy atom. The minimum absolute atomic E-state index is 0.431. The molecule has 0 unspecified atom stereocenters. The molecule has 2 bridgehead atoms. The minimum Gasteiger partial charge on any atom is -0.342 e. The van der Waals surface area contributed by atoms with Crippen LogP contribution < -0.4 is 0 Å². The van der Waals surface area contributed by atoms with Crippen LogP contribution in [0.4, 0.5) is 0 Å². The van der Waals surface area contributed by atoms with E-state index < -0.39 is 0 Å². The highest BCUT2D eigenvalue weighted by molar-refractivity contribution is 5.82. The largest absolute Gasteiger partial charge is 0.342 e. The van der Waals surface area contributed by atoms with Crippen molar-refractivity contribution in [3.05, 3.63) is 0 Å². The van der Waals surface area contributed by atoms with Crippen molar-refractivity contribution >= 4 is 5.91 Å².